The van der Waals surface area contributed by atoms with Crippen LogP contribution in [0, 0.1) is 0 Å². The Morgan fingerprint density at radius 3 is 2.44 bits per heavy atom. The average Bonchev–Trinajstić information content (AvgIpc) is 2.61. The number of piperazine rings is 1. The number of carbonyl (C=O) groups excluding carboxylic acids is 3. The van der Waals surface area contributed by atoms with Gasteiger partial charge in [-0.05, 0) is 32.0 Å². The molecule has 1 atom stereocenters. The number of hydrogen-bond acceptors (Lipinski definition) is 4. The lowest BCUT2D eigenvalue weighted by Crippen LogP contribution is -2.55. The fraction of sp³-hybridized carbons (Fsp3) is 0.471. The zero-order chi connectivity index (χ0) is 18.4. The monoisotopic (exact) mass is 367 g/mol. The smallest absolute Gasteiger partial charge is 0.409 e. The average molecular weight is 368 g/mol. The zero-order valence-corrected chi connectivity index (χ0v) is 15.1. The highest BCUT2D eigenvalue weighted by atomic mass is 35.5. The maximum absolute atomic E-state index is 12.5. The third-order valence-corrected chi connectivity index (χ3v) is 4.16. The molecular weight excluding hydrogens is 346 g/mol. The standard InChI is InChI=1S/C17H22ClN3O4/c1-3-25-17(24)21-9-7-20(8-10-21)16(23)12(2)19-15(22)13-5-4-6-14(18)11-13/h4-6,11-12H,3,7-10H2,1-2H3,(H,19,22)/t12-/m1/s1. The summed E-state index contributed by atoms with van der Waals surface area (Å²) in [6, 6.07) is 5.87. The topological polar surface area (TPSA) is 79.0 Å². The Hall–Kier alpha value is -2.28. The van der Waals surface area contributed by atoms with E-state index in [0.29, 0.717) is 43.4 Å². The summed E-state index contributed by atoms with van der Waals surface area (Å²) in [6.45, 7) is 5.37. The van der Waals surface area contributed by atoms with Crippen LogP contribution in [0.2, 0.25) is 5.02 Å². The minimum atomic E-state index is -0.666. The van der Waals surface area contributed by atoms with Crippen molar-refractivity contribution >= 4 is 29.5 Å². The van der Waals surface area contributed by atoms with E-state index in [-0.39, 0.29) is 17.9 Å². The Bertz CT molecular complexity index is 645. The second-order valence-electron chi connectivity index (χ2n) is 5.72. The first kappa shape index (κ1) is 19.1. The highest BCUT2D eigenvalue weighted by Crippen LogP contribution is 2.11. The summed E-state index contributed by atoms with van der Waals surface area (Å²) in [5, 5.41) is 3.14. The quantitative estimate of drug-likeness (QED) is 0.879. The molecule has 3 amide bonds. The van der Waals surface area contributed by atoms with Crippen molar-refractivity contribution in [2.45, 2.75) is 19.9 Å². The second-order valence-corrected chi connectivity index (χ2v) is 6.15. The first-order valence-electron chi connectivity index (χ1n) is 8.19. The van der Waals surface area contributed by atoms with Crippen LogP contribution < -0.4 is 5.32 Å². The van der Waals surface area contributed by atoms with Crippen LogP contribution >= 0.6 is 11.6 Å². The van der Waals surface area contributed by atoms with Crippen LogP contribution in [0.1, 0.15) is 24.2 Å². The summed E-state index contributed by atoms with van der Waals surface area (Å²) in [5.41, 5.74) is 0.402. The van der Waals surface area contributed by atoms with Gasteiger partial charge >= 0.3 is 6.09 Å². The van der Waals surface area contributed by atoms with Gasteiger partial charge in [0, 0.05) is 36.8 Å². The number of amides is 3. The summed E-state index contributed by atoms with van der Waals surface area (Å²) in [7, 11) is 0. The number of ether oxygens (including phenoxy) is 1. The highest BCUT2D eigenvalue weighted by Gasteiger charge is 2.28. The van der Waals surface area contributed by atoms with Crippen molar-refractivity contribution in [1.82, 2.24) is 15.1 Å². The zero-order valence-electron chi connectivity index (χ0n) is 14.3. The van der Waals surface area contributed by atoms with Crippen molar-refractivity contribution in [1.29, 1.82) is 0 Å². The van der Waals surface area contributed by atoms with E-state index in [9.17, 15) is 14.4 Å². The number of carbonyl (C=O) groups is 3. The second kappa shape index (κ2) is 8.71. The molecule has 0 aliphatic carbocycles. The van der Waals surface area contributed by atoms with Gasteiger partial charge in [0.15, 0.2) is 0 Å². The third-order valence-electron chi connectivity index (χ3n) is 3.92. The van der Waals surface area contributed by atoms with Gasteiger partial charge in [0.1, 0.15) is 6.04 Å². The number of nitrogens with zero attached hydrogens (tertiary/aromatic N) is 2. The summed E-state index contributed by atoms with van der Waals surface area (Å²) >= 11 is 5.87. The Morgan fingerprint density at radius 1 is 1.20 bits per heavy atom. The van der Waals surface area contributed by atoms with Crippen LogP contribution in [0.15, 0.2) is 24.3 Å². The van der Waals surface area contributed by atoms with Gasteiger partial charge in [-0.25, -0.2) is 4.79 Å². The molecule has 136 valence electrons. The largest absolute Gasteiger partial charge is 0.450 e. The number of benzene rings is 1. The molecule has 0 bridgehead atoms. The van der Waals surface area contributed by atoms with E-state index in [4.69, 9.17) is 16.3 Å². The molecule has 0 unspecified atom stereocenters. The lowest BCUT2D eigenvalue weighted by Gasteiger charge is -2.35. The van der Waals surface area contributed by atoms with E-state index in [0.717, 1.165) is 0 Å². The van der Waals surface area contributed by atoms with Crippen LogP contribution in [0.25, 0.3) is 0 Å². The van der Waals surface area contributed by atoms with E-state index < -0.39 is 6.04 Å². The normalized spacial score (nSPS) is 15.5. The summed E-state index contributed by atoms with van der Waals surface area (Å²) < 4.78 is 4.95. The number of halogens is 1. The van der Waals surface area contributed by atoms with Gasteiger partial charge in [-0.1, -0.05) is 17.7 Å². The molecule has 1 aromatic carbocycles. The number of rotatable bonds is 4. The lowest BCUT2D eigenvalue weighted by atomic mass is 10.2. The molecule has 1 aliphatic heterocycles. The fourth-order valence-corrected chi connectivity index (χ4v) is 2.76. The Labute approximate surface area is 151 Å². The van der Waals surface area contributed by atoms with Gasteiger partial charge in [0.05, 0.1) is 6.61 Å². The Morgan fingerprint density at radius 2 is 1.84 bits per heavy atom. The van der Waals surface area contributed by atoms with Crippen molar-refractivity contribution in [3.05, 3.63) is 34.9 Å². The van der Waals surface area contributed by atoms with Crippen molar-refractivity contribution < 1.29 is 19.1 Å². The molecular formula is C17H22ClN3O4. The number of hydrogen-bond donors (Lipinski definition) is 1. The molecule has 1 saturated heterocycles. The first-order valence-corrected chi connectivity index (χ1v) is 8.57. The van der Waals surface area contributed by atoms with Crippen molar-refractivity contribution in [3.8, 4) is 0 Å². The molecule has 1 aliphatic rings. The van der Waals surface area contributed by atoms with E-state index >= 15 is 0 Å². The maximum Gasteiger partial charge on any atom is 0.409 e. The molecule has 1 aromatic rings. The van der Waals surface area contributed by atoms with E-state index in [1.807, 2.05) is 0 Å². The highest BCUT2D eigenvalue weighted by molar-refractivity contribution is 6.31. The molecule has 8 heteroatoms. The molecule has 0 aromatic heterocycles. The summed E-state index contributed by atoms with van der Waals surface area (Å²) in [4.78, 5) is 39.6. The molecule has 25 heavy (non-hydrogen) atoms. The molecule has 0 spiro atoms. The first-order chi connectivity index (χ1) is 11.9. The maximum atomic E-state index is 12.5. The number of nitrogens with one attached hydrogen (secondary N) is 1. The summed E-state index contributed by atoms with van der Waals surface area (Å²) in [5.74, 6) is -0.535. The van der Waals surface area contributed by atoms with Gasteiger partial charge in [-0.15, -0.1) is 0 Å². The molecule has 0 saturated carbocycles. The molecule has 1 fully saturated rings. The predicted octanol–water partition coefficient (Wildman–Crippen LogP) is 1.76. The van der Waals surface area contributed by atoms with E-state index in [1.165, 1.54) is 0 Å². The molecule has 2 rings (SSSR count). The van der Waals surface area contributed by atoms with Crippen LogP contribution in [-0.4, -0.2) is 66.5 Å². The van der Waals surface area contributed by atoms with Crippen molar-refractivity contribution in [3.63, 3.8) is 0 Å². The molecule has 0 radical (unpaired) electrons. The summed E-state index contributed by atoms with van der Waals surface area (Å²) in [6.07, 6.45) is -0.364. The fourth-order valence-electron chi connectivity index (χ4n) is 2.57. The molecule has 7 nitrogen and oxygen atoms in total. The minimum absolute atomic E-state index is 0.182. The predicted molar refractivity (Wildman–Crippen MR) is 93.6 cm³/mol. The van der Waals surface area contributed by atoms with Gasteiger partial charge in [-0.2, -0.15) is 0 Å². The van der Waals surface area contributed by atoms with E-state index in [1.54, 1.807) is 47.9 Å². The van der Waals surface area contributed by atoms with Gasteiger partial charge in [0.2, 0.25) is 5.91 Å². The van der Waals surface area contributed by atoms with Gasteiger partial charge < -0.3 is 19.9 Å². The van der Waals surface area contributed by atoms with E-state index in [2.05, 4.69) is 5.32 Å². The minimum Gasteiger partial charge on any atom is -0.450 e. The Kier molecular flexibility index (Phi) is 6.64. The SMILES string of the molecule is CCOC(=O)N1CCN(C(=O)[C@@H](C)NC(=O)c2cccc(Cl)c2)CC1. The van der Waals surface area contributed by atoms with Crippen molar-refractivity contribution in [2.24, 2.45) is 0 Å². The van der Waals surface area contributed by atoms with Gasteiger partial charge in [-0.3, -0.25) is 9.59 Å². The Balaban J connectivity index is 1.86. The van der Waals surface area contributed by atoms with Crippen LogP contribution in [-0.2, 0) is 9.53 Å². The van der Waals surface area contributed by atoms with Gasteiger partial charge in [0.25, 0.3) is 5.91 Å². The third kappa shape index (κ3) is 5.09. The van der Waals surface area contributed by atoms with Crippen molar-refractivity contribution in [2.75, 3.05) is 32.8 Å². The van der Waals surface area contributed by atoms with Crippen LogP contribution in [0.4, 0.5) is 4.79 Å². The van der Waals surface area contributed by atoms with Crippen LogP contribution in [0.5, 0.6) is 0 Å². The lowest BCUT2D eigenvalue weighted by molar-refractivity contribution is -0.134. The molecule has 1 N–H and O–H groups in total. The molecule has 1 heterocycles. The van der Waals surface area contributed by atoms with Crippen LogP contribution in [0.3, 0.4) is 0 Å².